The fraction of sp³-hybridized carbons (Fsp3) is 0.500. The first kappa shape index (κ1) is 13.3. The second-order valence-electron chi connectivity index (χ2n) is 4.48. The Hall–Kier alpha value is -1.14. The first-order valence-electron chi connectivity index (χ1n) is 5.48. The third-order valence-electron chi connectivity index (χ3n) is 3.19. The van der Waals surface area contributed by atoms with E-state index in [1.807, 2.05) is 0 Å². The summed E-state index contributed by atoms with van der Waals surface area (Å²) in [5.74, 6) is -1.24. The summed E-state index contributed by atoms with van der Waals surface area (Å²) in [6.45, 7) is 1.23. The number of nitrogens with one attached hydrogen (secondary N) is 1. The number of alkyl halides is 3. The standard InChI is InChI=1S/C12H13F4NO/c1-18-11(6-17-7-11)5-8-2-3-9(10(13)4-8)12(14,15)16/h2-4,17H,5-7H2,1H3. The van der Waals surface area contributed by atoms with Crippen LogP contribution in [0.5, 0.6) is 0 Å². The van der Waals surface area contributed by atoms with Gasteiger partial charge in [-0.2, -0.15) is 13.2 Å². The number of ether oxygens (including phenoxy) is 1. The molecule has 0 aromatic heterocycles. The van der Waals surface area contributed by atoms with Gasteiger partial charge >= 0.3 is 6.18 Å². The molecule has 0 saturated carbocycles. The van der Waals surface area contributed by atoms with Crippen molar-refractivity contribution in [3.8, 4) is 0 Å². The van der Waals surface area contributed by atoms with Gasteiger partial charge in [-0.15, -0.1) is 0 Å². The summed E-state index contributed by atoms with van der Waals surface area (Å²) in [6.07, 6.45) is -4.26. The fourth-order valence-corrected chi connectivity index (χ4v) is 2.02. The van der Waals surface area contributed by atoms with Gasteiger partial charge in [0.05, 0.1) is 11.2 Å². The van der Waals surface area contributed by atoms with Crippen LogP contribution in [0, 0.1) is 5.82 Å². The number of benzene rings is 1. The molecule has 0 aliphatic carbocycles. The van der Waals surface area contributed by atoms with E-state index in [9.17, 15) is 17.6 Å². The van der Waals surface area contributed by atoms with Crippen molar-refractivity contribution < 1.29 is 22.3 Å². The van der Waals surface area contributed by atoms with E-state index in [2.05, 4.69) is 5.32 Å². The summed E-state index contributed by atoms with van der Waals surface area (Å²) in [7, 11) is 1.54. The van der Waals surface area contributed by atoms with E-state index >= 15 is 0 Å². The SMILES string of the molecule is COC1(Cc2ccc(C(F)(F)F)c(F)c2)CNC1. The Morgan fingerprint density at radius 3 is 2.39 bits per heavy atom. The maximum absolute atomic E-state index is 13.4. The molecular weight excluding hydrogens is 250 g/mol. The van der Waals surface area contributed by atoms with Crippen molar-refractivity contribution in [1.29, 1.82) is 0 Å². The normalized spacial score (nSPS) is 18.5. The van der Waals surface area contributed by atoms with Gasteiger partial charge in [-0.1, -0.05) is 6.07 Å². The second-order valence-corrected chi connectivity index (χ2v) is 4.48. The monoisotopic (exact) mass is 263 g/mol. The van der Waals surface area contributed by atoms with Crippen LogP contribution in [-0.4, -0.2) is 25.8 Å². The summed E-state index contributed by atoms with van der Waals surface area (Å²) in [5, 5.41) is 3.02. The van der Waals surface area contributed by atoms with Gasteiger partial charge in [0.2, 0.25) is 0 Å². The Balaban J connectivity index is 2.19. The summed E-state index contributed by atoms with van der Waals surface area (Å²) < 4.78 is 55.8. The number of hydrogen-bond donors (Lipinski definition) is 1. The number of methoxy groups -OCH3 is 1. The Bertz CT molecular complexity index is 435. The van der Waals surface area contributed by atoms with Crippen molar-refractivity contribution in [3.63, 3.8) is 0 Å². The maximum Gasteiger partial charge on any atom is 0.419 e. The van der Waals surface area contributed by atoms with Gasteiger partial charge in [0.25, 0.3) is 0 Å². The lowest BCUT2D eigenvalue weighted by atomic mass is 9.88. The molecule has 6 heteroatoms. The van der Waals surface area contributed by atoms with Crippen LogP contribution in [0.3, 0.4) is 0 Å². The predicted molar refractivity (Wildman–Crippen MR) is 57.7 cm³/mol. The van der Waals surface area contributed by atoms with Gasteiger partial charge in [0.1, 0.15) is 5.82 Å². The molecule has 0 spiro atoms. The van der Waals surface area contributed by atoms with Crippen molar-refractivity contribution in [1.82, 2.24) is 5.32 Å². The van der Waals surface area contributed by atoms with Crippen LogP contribution in [0.25, 0.3) is 0 Å². The molecule has 1 fully saturated rings. The number of rotatable bonds is 3. The van der Waals surface area contributed by atoms with Crippen LogP contribution >= 0.6 is 0 Å². The molecule has 1 heterocycles. The van der Waals surface area contributed by atoms with Crippen LogP contribution in [0.15, 0.2) is 18.2 Å². The smallest absolute Gasteiger partial charge is 0.375 e. The molecule has 0 atom stereocenters. The molecule has 1 aliphatic heterocycles. The quantitative estimate of drug-likeness (QED) is 0.845. The lowest BCUT2D eigenvalue weighted by Gasteiger charge is -2.41. The zero-order valence-corrected chi connectivity index (χ0v) is 9.77. The average Bonchev–Trinajstić information content (AvgIpc) is 2.21. The summed E-state index contributed by atoms with van der Waals surface area (Å²) in [5.41, 5.74) is -1.15. The lowest BCUT2D eigenvalue weighted by Crippen LogP contribution is -2.61. The van der Waals surface area contributed by atoms with Crippen LogP contribution in [0.2, 0.25) is 0 Å². The number of hydrogen-bond acceptors (Lipinski definition) is 2. The van der Waals surface area contributed by atoms with E-state index in [0.29, 0.717) is 25.1 Å². The highest BCUT2D eigenvalue weighted by molar-refractivity contribution is 5.28. The molecule has 0 bridgehead atoms. The molecule has 0 amide bonds. The van der Waals surface area contributed by atoms with E-state index in [-0.39, 0.29) is 0 Å². The van der Waals surface area contributed by atoms with Crippen molar-refractivity contribution in [2.75, 3.05) is 20.2 Å². The van der Waals surface area contributed by atoms with E-state index in [0.717, 1.165) is 12.1 Å². The van der Waals surface area contributed by atoms with Gasteiger partial charge < -0.3 is 10.1 Å². The third kappa shape index (κ3) is 2.49. The maximum atomic E-state index is 13.4. The van der Waals surface area contributed by atoms with Crippen LogP contribution in [0.4, 0.5) is 17.6 Å². The predicted octanol–water partition coefficient (Wildman–Crippen LogP) is 2.38. The first-order chi connectivity index (χ1) is 8.36. The zero-order valence-electron chi connectivity index (χ0n) is 9.77. The summed E-state index contributed by atoms with van der Waals surface area (Å²) in [4.78, 5) is 0. The van der Waals surface area contributed by atoms with Gasteiger partial charge in [0.15, 0.2) is 0 Å². The molecule has 1 saturated heterocycles. The van der Waals surface area contributed by atoms with E-state index in [1.54, 1.807) is 7.11 Å². The van der Waals surface area contributed by atoms with Gasteiger partial charge in [-0.3, -0.25) is 0 Å². The minimum atomic E-state index is -4.65. The topological polar surface area (TPSA) is 21.3 Å². The van der Waals surface area contributed by atoms with E-state index in [1.165, 1.54) is 6.07 Å². The summed E-state index contributed by atoms with van der Waals surface area (Å²) >= 11 is 0. The minimum absolute atomic E-state index is 0.394. The Labute approximate surface area is 102 Å². The van der Waals surface area contributed by atoms with Gasteiger partial charge in [-0.05, 0) is 17.7 Å². The van der Waals surface area contributed by atoms with E-state index in [4.69, 9.17) is 4.74 Å². The Kier molecular flexibility index (Phi) is 3.33. The highest BCUT2D eigenvalue weighted by Crippen LogP contribution is 2.32. The molecule has 2 nitrogen and oxygen atoms in total. The lowest BCUT2D eigenvalue weighted by molar-refractivity contribution is -0.140. The van der Waals surface area contributed by atoms with Crippen molar-refractivity contribution in [2.24, 2.45) is 0 Å². The molecule has 1 aliphatic rings. The molecule has 1 aromatic rings. The van der Waals surface area contributed by atoms with E-state index < -0.39 is 23.2 Å². The first-order valence-corrected chi connectivity index (χ1v) is 5.48. The van der Waals surface area contributed by atoms with Crippen molar-refractivity contribution >= 4 is 0 Å². The average molecular weight is 263 g/mol. The van der Waals surface area contributed by atoms with Gasteiger partial charge in [-0.25, -0.2) is 4.39 Å². The Morgan fingerprint density at radius 1 is 1.33 bits per heavy atom. The van der Waals surface area contributed by atoms with Crippen LogP contribution < -0.4 is 5.32 Å². The largest absolute Gasteiger partial charge is 0.419 e. The zero-order chi connectivity index (χ0) is 13.4. The van der Waals surface area contributed by atoms with Crippen molar-refractivity contribution in [2.45, 2.75) is 18.2 Å². The highest BCUT2D eigenvalue weighted by atomic mass is 19.4. The molecule has 0 radical (unpaired) electrons. The molecule has 100 valence electrons. The van der Waals surface area contributed by atoms with Gasteiger partial charge in [0, 0.05) is 26.6 Å². The fourth-order valence-electron chi connectivity index (χ4n) is 2.02. The third-order valence-corrected chi connectivity index (χ3v) is 3.19. The Morgan fingerprint density at radius 2 is 2.00 bits per heavy atom. The summed E-state index contributed by atoms with van der Waals surface area (Å²) in [6, 6.07) is 3.01. The molecule has 0 unspecified atom stereocenters. The number of halogens is 4. The molecular formula is C12H13F4NO. The minimum Gasteiger partial charge on any atom is -0.375 e. The molecule has 1 N–H and O–H groups in total. The molecule has 18 heavy (non-hydrogen) atoms. The molecule has 2 rings (SSSR count). The van der Waals surface area contributed by atoms with Crippen molar-refractivity contribution in [3.05, 3.63) is 35.1 Å². The van der Waals surface area contributed by atoms with Crippen LogP contribution in [0.1, 0.15) is 11.1 Å². The highest BCUT2D eigenvalue weighted by Gasteiger charge is 2.38. The van der Waals surface area contributed by atoms with Crippen LogP contribution in [-0.2, 0) is 17.3 Å². The molecule has 1 aromatic carbocycles. The second kappa shape index (κ2) is 4.51.